The fourth-order valence-electron chi connectivity index (χ4n) is 3.49. The van der Waals surface area contributed by atoms with Crippen molar-refractivity contribution < 1.29 is 27.4 Å². The number of nitrogens with zero attached hydrogens (tertiary/aromatic N) is 1. The van der Waals surface area contributed by atoms with Gasteiger partial charge in [0.05, 0.1) is 25.3 Å². The Morgan fingerprint density at radius 1 is 1.00 bits per heavy atom. The summed E-state index contributed by atoms with van der Waals surface area (Å²) in [5.74, 6) is 0.664. The van der Waals surface area contributed by atoms with Crippen LogP contribution in [0, 0.1) is 0 Å². The fourth-order valence-corrected chi connectivity index (χ4v) is 3.83. The van der Waals surface area contributed by atoms with Gasteiger partial charge in [-0.1, -0.05) is 29.8 Å². The first-order valence-corrected chi connectivity index (χ1v) is 9.42. The van der Waals surface area contributed by atoms with E-state index in [1.54, 1.807) is 18.2 Å². The summed E-state index contributed by atoms with van der Waals surface area (Å²) in [7, 11) is 3.04. The third kappa shape index (κ3) is 5.07. The third-order valence-corrected chi connectivity index (χ3v) is 5.15. The van der Waals surface area contributed by atoms with E-state index in [9.17, 15) is 13.2 Å². The number of hydrogen-bond acceptors (Lipinski definition) is 5. The van der Waals surface area contributed by atoms with Crippen molar-refractivity contribution in [1.29, 1.82) is 0 Å². The van der Waals surface area contributed by atoms with Gasteiger partial charge in [-0.2, -0.15) is 0 Å². The highest BCUT2D eigenvalue weighted by molar-refractivity contribution is 6.33. The van der Waals surface area contributed by atoms with Gasteiger partial charge in [0, 0.05) is 26.2 Å². The average Bonchev–Trinajstić information content (AvgIpc) is 2.70. The quantitative estimate of drug-likeness (QED) is 0.742. The molecule has 0 amide bonds. The molecule has 3 rings (SSSR count). The van der Waals surface area contributed by atoms with Crippen LogP contribution in [0.1, 0.15) is 17.2 Å². The Balaban J connectivity index is 2.02. The van der Waals surface area contributed by atoms with Crippen LogP contribution in [-0.2, 0) is 0 Å². The number of nitrogens with one attached hydrogen (secondary N) is 1. The van der Waals surface area contributed by atoms with Crippen LogP contribution in [0.25, 0.3) is 0 Å². The van der Waals surface area contributed by atoms with Crippen LogP contribution in [0.15, 0.2) is 36.4 Å². The number of methoxy groups -OCH3 is 2. The molecule has 0 bridgehead atoms. The molecule has 1 aliphatic heterocycles. The normalized spacial score (nSPS) is 16.3. The molecular formula is C20H22ClF3N2O3. The number of ether oxygens (including phenoxy) is 3. The predicted molar refractivity (Wildman–Crippen MR) is 104 cm³/mol. The third-order valence-electron chi connectivity index (χ3n) is 4.76. The van der Waals surface area contributed by atoms with E-state index in [-0.39, 0.29) is 11.8 Å². The van der Waals surface area contributed by atoms with E-state index in [1.807, 2.05) is 6.07 Å². The molecule has 0 radical (unpaired) electrons. The van der Waals surface area contributed by atoms with Gasteiger partial charge in [-0.15, -0.1) is 13.2 Å². The van der Waals surface area contributed by atoms with Gasteiger partial charge in [0.2, 0.25) is 0 Å². The molecule has 5 nitrogen and oxygen atoms in total. The van der Waals surface area contributed by atoms with Gasteiger partial charge in [0.15, 0.2) is 11.5 Å². The Kier molecular flexibility index (Phi) is 6.77. The molecule has 2 aromatic carbocycles. The van der Waals surface area contributed by atoms with Gasteiger partial charge in [0.1, 0.15) is 5.75 Å². The maximum atomic E-state index is 12.5. The Bertz CT molecular complexity index is 825. The lowest BCUT2D eigenvalue weighted by molar-refractivity contribution is -0.274. The number of hydrogen-bond donors (Lipinski definition) is 1. The average molecular weight is 431 g/mol. The van der Waals surface area contributed by atoms with Crippen LogP contribution in [0.3, 0.4) is 0 Å². The lowest BCUT2D eigenvalue weighted by atomic mass is 9.95. The number of benzene rings is 2. The molecule has 158 valence electrons. The lowest BCUT2D eigenvalue weighted by Crippen LogP contribution is -2.45. The molecule has 0 saturated carbocycles. The van der Waals surface area contributed by atoms with Crippen molar-refractivity contribution in [3.05, 3.63) is 52.5 Å². The molecule has 1 saturated heterocycles. The zero-order chi connectivity index (χ0) is 21.0. The maximum Gasteiger partial charge on any atom is 0.573 e. The smallest absolute Gasteiger partial charge is 0.493 e. The molecule has 29 heavy (non-hydrogen) atoms. The second-order valence-electron chi connectivity index (χ2n) is 6.51. The van der Waals surface area contributed by atoms with Crippen LogP contribution in [-0.4, -0.2) is 51.7 Å². The summed E-state index contributed by atoms with van der Waals surface area (Å²) >= 11 is 6.65. The first-order valence-electron chi connectivity index (χ1n) is 9.05. The van der Waals surface area contributed by atoms with Gasteiger partial charge in [-0.05, 0) is 29.3 Å². The standard InChI is InChI=1S/C20H22ClF3N2O3/c1-27-16-8-7-15(17(21)19(16)28-2)18(26-11-9-25-10-12-26)13-3-5-14(6-4-13)29-20(22,23)24/h3-8,18,25H,9-12H2,1-2H3/t18-/m1/s1. The van der Waals surface area contributed by atoms with E-state index in [4.69, 9.17) is 21.1 Å². The van der Waals surface area contributed by atoms with Crippen LogP contribution < -0.4 is 19.5 Å². The number of halogens is 4. The van der Waals surface area contributed by atoms with Crippen molar-refractivity contribution in [1.82, 2.24) is 10.2 Å². The zero-order valence-electron chi connectivity index (χ0n) is 16.1. The molecule has 0 unspecified atom stereocenters. The van der Waals surface area contributed by atoms with Crippen LogP contribution in [0.4, 0.5) is 13.2 Å². The zero-order valence-corrected chi connectivity index (χ0v) is 16.8. The Morgan fingerprint density at radius 3 is 2.21 bits per heavy atom. The van der Waals surface area contributed by atoms with Crippen LogP contribution in [0.5, 0.6) is 17.2 Å². The summed E-state index contributed by atoms with van der Waals surface area (Å²) in [5.41, 5.74) is 1.59. The summed E-state index contributed by atoms with van der Waals surface area (Å²) < 4.78 is 52.2. The summed E-state index contributed by atoms with van der Waals surface area (Å²) in [5, 5.41) is 3.71. The minimum atomic E-state index is -4.73. The molecule has 1 heterocycles. The second kappa shape index (κ2) is 9.11. The number of alkyl halides is 3. The lowest BCUT2D eigenvalue weighted by Gasteiger charge is -2.36. The van der Waals surface area contributed by atoms with Crippen molar-refractivity contribution in [3.63, 3.8) is 0 Å². The van der Waals surface area contributed by atoms with Gasteiger partial charge in [0.25, 0.3) is 0 Å². The van der Waals surface area contributed by atoms with Gasteiger partial charge in [-0.25, -0.2) is 0 Å². The topological polar surface area (TPSA) is 43.0 Å². The Morgan fingerprint density at radius 2 is 1.66 bits per heavy atom. The molecule has 1 aliphatic rings. The van der Waals surface area contributed by atoms with Crippen LogP contribution >= 0.6 is 11.6 Å². The van der Waals surface area contributed by atoms with Gasteiger partial charge >= 0.3 is 6.36 Å². The minimum Gasteiger partial charge on any atom is -0.493 e. The van der Waals surface area contributed by atoms with E-state index in [0.717, 1.165) is 37.3 Å². The molecule has 1 atom stereocenters. The number of piperazine rings is 1. The monoisotopic (exact) mass is 430 g/mol. The summed E-state index contributed by atoms with van der Waals surface area (Å²) in [6, 6.07) is 9.25. The van der Waals surface area contributed by atoms with Crippen molar-refractivity contribution in [2.24, 2.45) is 0 Å². The van der Waals surface area contributed by atoms with Gasteiger partial charge in [-0.3, -0.25) is 4.90 Å². The second-order valence-corrected chi connectivity index (χ2v) is 6.89. The van der Waals surface area contributed by atoms with Crippen molar-refractivity contribution in [2.75, 3.05) is 40.4 Å². The minimum absolute atomic E-state index is 0.260. The first-order chi connectivity index (χ1) is 13.8. The largest absolute Gasteiger partial charge is 0.573 e. The summed E-state index contributed by atoms with van der Waals surface area (Å²) in [6.07, 6.45) is -4.73. The van der Waals surface area contributed by atoms with Crippen molar-refractivity contribution in [2.45, 2.75) is 12.4 Å². The molecule has 0 aliphatic carbocycles. The van der Waals surface area contributed by atoms with Gasteiger partial charge < -0.3 is 19.5 Å². The molecule has 1 fully saturated rings. The molecule has 1 N–H and O–H groups in total. The van der Waals surface area contributed by atoms with Crippen LogP contribution in [0.2, 0.25) is 5.02 Å². The van der Waals surface area contributed by atoms with E-state index in [2.05, 4.69) is 15.0 Å². The first kappa shape index (κ1) is 21.5. The highest BCUT2D eigenvalue weighted by atomic mass is 35.5. The molecule has 0 aromatic heterocycles. The highest BCUT2D eigenvalue weighted by Crippen LogP contribution is 2.43. The SMILES string of the molecule is COc1ccc([C@@H](c2ccc(OC(F)(F)F)cc2)N2CCNCC2)c(Cl)c1OC. The summed E-state index contributed by atoms with van der Waals surface area (Å²) in [6.45, 7) is 3.12. The molecular weight excluding hydrogens is 409 g/mol. The van der Waals surface area contributed by atoms with Crippen molar-refractivity contribution >= 4 is 11.6 Å². The maximum absolute atomic E-state index is 12.5. The molecule has 2 aromatic rings. The van der Waals surface area contributed by atoms with E-state index < -0.39 is 6.36 Å². The predicted octanol–water partition coefficient (Wildman–Crippen LogP) is 4.25. The van der Waals surface area contributed by atoms with E-state index in [1.165, 1.54) is 26.4 Å². The summed E-state index contributed by atoms with van der Waals surface area (Å²) in [4.78, 5) is 2.23. The highest BCUT2D eigenvalue weighted by Gasteiger charge is 2.32. The van der Waals surface area contributed by atoms with E-state index >= 15 is 0 Å². The number of rotatable bonds is 6. The fraction of sp³-hybridized carbons (Fsp3) is 0.400. The molecule has 0 spiro atoms. The van der Waals surface area contributed by atoms with E-state index in [0.29, 0.717) is 16.5 Å². The van der Waals surface area contributed by atoms with Crippen molar-refractivity contribution in [3.8, 4) is 17.2 Å². The molecule has 9 heteroatoms. The Labute approximate surface area is 172 Å². The Hall–Kier alpha value is -2.16.